The van der Waals surface area contributed by atoms with Gasteiger partial charge >= 0.3 is 5.97 Å². The maximum absolute atomic E-state index is 12.1. The second-order valence-electron chi connectivity index (χ2n) is 5.34. The molecule has 4 nitrogen and oxygen atoms in total. The van der Waals surface area contributed by atoms with Gasteiger partial charge in [0.05, 0.1) is 5.56 Å². The van der Waals surface area contributed by atoms with Crippen molar-refractivity contribution < 1.29 is 14.6 Å². The van der Waals surface area contributed by atoms with Gasteiger partial charge in [-0.1, -0.05) is 50.2 Å². The van der Waals surface area contributed by atoms with Crippen LogP contribution in [0.4, 0.5) is 0 Å². The Balaban J connectivity index is 1.99. The molecule has 0 heterocycles. The minimum absolute atomic E-state index is 0.0121. The number of aliphatic hydroxyl groups is 1. The van der Waals surface area contributed by atoms with Crippen LogP contribution in [0.15, 0.2) is 42.5 Å². The molecule has 112 valence electrons. The van der Waals surface area contributed by atoms with Crippen LogP contribution in [0.5, 0.6) is 0 Å². The molecular weight excluding hydrogens is 266 g/mol. The van der Waals surface area contributed by atoms with Crippen molar-refractivity contribution >= 4 is 16.7 Å². The van der Waals surface area contributed by atoms with Crippen molar-refractivity contribution in [3.8, 4) is 0 Å². The highest BCUT2D eigenvalue weighted by molar-refractivity contribution is 6.04. The van der Waals surface area contributed by atoms with Crippen LogP contribution in [0.2, 0.25) is 0 Å². The first-order valence-electron chi connectivity index (χ1n) is 7.14. The minimum atomic E-state index is -0.702. The minimum Gasteiger partial charge on any atom is -0.459 e. The van der Waals surface area contributed by atoms with Gasteiger partial charge in [-0.3, -0.25) is 0 Å². The highest BCUT2D eigenvalue weighted by atomic mass is 16.5. The highest BCUT2D eigenvalue weighted by Gasteiger charge is 2.13. The SMILES string of the molecule is CC(C)NC[C@@H](O)COC(=O)c1cccc2ccccc12. The van der Waals surface area contributed by atoms with Crippen molar-refractivity contribution in [3.05, 3.63) is 48.0 Å². The third kappa shape index (κ3) is 4.28. The summed E-state index contributed by atoms with van der Waals surface area (Å²) in [6, 6.07) is 13.5. The number of nitrogens with one attached hydrogen (secondary N) is 1. The predicted octanol–water partition coefficient (Wildman–Crippen LogP) is 2.36. The number of aliphatic hydroxyl groups excluding tert-OH is 1. The lowest BCUT2D eigenvalue weighted by atomic mass is 10.1. The lowest BCUT2D eigenvalue weighted by molar-refractivity contribution is 0.0258. The molecule has 0 bridgehead atoms. The summed E-state index contributed by atoms with van der Waals surface area (Å²) in [5.41, 5.74) is 0.525. The van der Waals surface area contributed by atoms with E-state index in [1.165, 1.54) is 0 Å². The highest BCUT2D eigenvalue weighted by Crippen LogP contribution is 2.19. The third-order valence-electron chi connectivity index (χ3n) is 3.18. The van der Waals surface area contributed by atoms with E-state index >= 15 is 0 Å². The molecule has 2 aromatic rings. The fourth-order valence-electron chi connectivity index (χ4n) is 2.08. The van der Waals surface area contributed by atoms with Gasteiger partial charge in [0.15, 0.2) is 0 Å². The monoisotopic (exact) mass is 287 g/mol. The molecule has 0 aromatic heterocycles. The number of fused-ring (bicyclic) bond motifs is 1. The summed E-state index contributed by atoms with van der Waals surface area (Å²) in [6.45, 7) is 4.38. The Labute approximate surface area is 124 Å². The largest absolute Gasteiger partial charge is 0.459 e. The van der Waals surface area contributed by atoms with Gasteiger partial charge < -0.3 is 15.2 Å². The summed E-state index contributed by atoms with van der Waals surface area (Å²) in [5, 5.41) is 14.7. The number of hydrogen-bond acceptors (Lipinski definition) is 4. The number of esters is 1. The van der Waals surface area contributed by atoms with Crippen molar-refractivity contribution in [1.82, 2.24) is 5.32 Å². The van der Waals surface area contributed by atoms with Gasteiger partial charge in [0.25, 0.3) is 0 Å². The molecule has 0 fully saturated rings. The Kier molecular flexibility index (Phi) is 5.31. The maximum atomic E-state index is 12.1. The summed E-state index contributed by atoms with van der Waals surface area (Å²) < 4.78 is 5.20. The van der Waals surface area contributed by atoms with Crippen LogP contribution in [0.1, 0.15) is 24.2 Å². The summed E-state index contributed by atoms with van der Waals surface area (Å²) in [6.07, 6.45) is -0.702. The van der Waals surface area contributed by atoms with E-state index in [-0.39, 0.29) is 12.6 Å². The summed E-state index contributed by atoms with van der Waals surface area (Å²) >= 11 is 0. The second-order valence-corrected chi connectivity index (χ2v) is 5.34. The fraction of sp³-hybridized carbons (Fsp3) is 0.353. The number of benzene rings is 2. The lowest BCUT2D eigenvalue weighted by Crippen LogP contribution is -2.35. The number of carbonyl (C=O) groups is 1. The quantitative estimate of drug-likeness (QED) is 0.801. The Bertz CT molecular complexity index is 605. The average molecular weight is 287 g/mol. The van der Waals surface area contributed by atoms with Gasteiger partial charge in [-0.15, -0.1) is 0 Å². The predicted molar refractivity (Wildman–Crippen MR) is 83.4 cm³/mol. The third-order valence-corrected chi connectivity index (χ3v) is 3.18. The maximum Gasteiger partial charge on any atom is 0.338 e. The smallest absolute Gasteiger partial charge is 0.338 e. The fourth-order valence-corrected chi connectivity index (χ4v) is 2.08. The van der Waals surface area contributed by atoms with Gasteiger partial charge in [-0.25, -0.2) is 4.79 Å². The van der Waals surface area contributed by atoms with Crippen LogP contribution < -0.4 is 5.32 Å². The number of carbonyl (C=O) groups excluding carboxylic acids is 1. The molecule has 0 aliphatic rings. The van der Waals surface area contributed by atoms with Crippen LogP contribution in [0, 0.1) is 0 Å². The molecule has 2 rings (SSSR count). The van der Waals surface area contributed by atoms with Crippen LogP contribution in [-0.4, -0.2) is 36.4 Å². The van der Waals surface area contributed by atoms with Crippen molar-refractivity contribution in [2.24, 2.45) is 0 Å². The van der Waals surface area contributed by atoms with Gasteiger partial charge in [-0.05, 0) is 16.8 Å². The molecule has 4 heteroatoms. The van der Waals surface area contributed by atoms with E-state index in [1.54, 1.807) is 6.07 Å². The van der Waals surface area contributed by atoms with Crippen LogP contribution in [-0.2, 0) is 4.74 Å². The van der Waals surface area contributed by atoms with Crippen LogP contribution in [0.25, 0.3) is 10.8 Å². The van der Waals surface area contributed by atoms with E-state index in [0.717, 1.165) is 10.8 Å². The van der Waals surface area contributed by atoms with Crippen LogP contribution >= 0.6 is 0 Å². The first-order chi connectivity index (χ1) is 10.1. The number of ether oxygens (including phenoxy) is 1. The molecule has 0 saturated carbocycles. The summed E-state index contributed by atoms with van der Waals surface area (Å²) in [5.74, 6) is -0.407. The van der Waals surface area contributed by atoms with Crippen molar-refractivity contribution in [2.75, 3.05) is 13.2 Å². The molecule has 21 heavy (non-hydrogen) atoms. The van der Waals surface area contributed by atoms with E-state index < -0.39 is 12.1 Å². The first kappa shape index (κ1) is 15.5. The number of rotatable bonds is 6. The van der Waals surface area contributed by atoms with E-state index in [0.29, 0.717) is 12.1 Å². The molecule has 2 N–H and O–H groups in total. The molecule has 0 unspecified atom stereocenters. The zero-order chi connectivity index (χ0) is 15.2. The molecule has 0 radical (unpaired) electrons. The molecular formula is C17H21NO3. The van der Waals surface area contributed by atoms with E-state index in [1.807, 2.05) is 50.2 Å². The van der Waals surface area contributed by atoms with Crippen molar-refractivity contribution in [2.45, 2.75) is 26.0 Å². The molecule has 0 aliphatic heterocycles. The zero-order valence-corrected chi connectivity index (χ0v) is 12.4. The Morgan fingerprint density at radius 2 is 1.90 bits per heavy atom. The van der Waals surface area contributed by atoms with Gasteiger partial charge in [0, 0.05) is 12.6 Å². The standard InChI is InChI=1S/C17H21NO3/c1-12(2)18-10-14(19)11-21-17(20)16-9-5-7-13-6-3-4-8-15(13)16/h3-9,12,14,18-19H,10-11H2,1-2H3/t14-/m1/s1. The van der Waals surface area contributed by atoms with E-state index in [9.17, 15) is 9.90 Å². The number of hydrogen-bond donors (Lipinski definition) is 2. The van der Waals surface area contributed by atoms with Crippen LogP contribution in [0.3, 0.4) is 0 Å². The summed E-state index contributed by atoms with van der Waals surface area (Å²) in [7, 11) is 0. The Morgan fingerprint density at radius 3 is 2.67 bits per heavy atom. The second kappa shape index (κ2) is 7.20. The lowest BCUT2D eigenvalue weighted by Gasteiger charge is -2.14. The summed E-state index contributed by atoms with van der Waals surface area (Å²) in [4.78, 5) is 12.1. The topological polar surface area (TPSA) is 58.6 Å². The first-order valence-corrected chi connectivity index (χ1v) is 7.14. The Morgan fingerprint density at radius 1 is 1.19 bits per heavy atom. The molecule has 2 aromatic carbocycles. The molecule has 0 saturated heterocycles. The normalized spacial score (nSPS) is 12.6. The molecule has 0 aliphatic carbocycles. The zero-order valence-electron chi connectivity index (χ0n) is 12.4. The molecule has 0 amide bonds. The molecule has 1 atom stereocenters. The van der Waals surface area contributed by atoms with E-state index in [2.05, 4.69) is 5.32 Å². The van der Waals surface area contributed by atoms with Gasteiger partial charge in [0.1, 0.15) is 12.7 Å². The van der Waals surface area contributed by atoms with E-state index in [4.69, 9.17) is 4.74 Å². The van der Waals surface area contributed by atoms with Crippen molar-refractivity contribution in [3.63, 3.8) is 0 Å². The Hall–Kier alpha value is -1.91. The van der Waals surface area contributed by atoms with Crippen molar-refractivity contribution in [1.29, 1.82) is 0 Å². The molecule has 0 spiro atoms. The van der Waals surface area contributed by atoms with Gasteiger partial charge in [-0.2, -0.15) is 0 Å². The van der Waals surface area contributed by atoms with Gasteiger partial charge in [0.2, 0.25) is 0 Å². The average Bonchev–Trinajstić information content (AvgIpc) is 2.50.